The van der Waals surface area contributed by atoms with Gasteiger partial charge in [-0.25, -0.2) is 0 Å². The van der Waals surface area contributed by atoms with Crippen LogP contribution in [0.5, 0.6) is 0 Å². The fraction of sp³-hybridized carbons (Fsp3) is 1.00. The Morgan fingerprint density at radius 3 is 1.90 bits per heavy atom. The van der Waals surface area contributed by atoms with Crippen LogP contribution >= 0.6 is 0 Å². The van der Waals surface area contributed by atoms with E-state index in [0.717, 1.165) is 11.8 Å². The van der Waals surface area contributed by atoms with Crippen LogP contribution in [0.15, 0.2) is 0 Å². The van der Waals surface area contributed by atoms with Gasteiger partial charge in [0.25, 0.3) is 0 Å². The van der Waals surface area contributed by atoms with E-state index in [-0.39, 0.29) is 0 Å². The van der Waals surface area contributed by atoms with Crippen LogP contribution in [0.25, 0.3) is 0 Å². The molecule has 2 N–H and O–H groups in total. The van der Waals surface area contributed by atoms with Crippen molar-refractivity contribution in [3.8, 4) is 0 Å². The van der Waals surface area contributed by atoms with Gasteiger partial charge in [0.15, 0.2) is 0 Å². The van der Waals surface area contributed by atoms with Gasteiger partial charge in [-0.05, 0) is 23.7 Å². The smallest absolute Gasteiger partial charge is 0.00738 e. The molecule has 0 amide bonds. The second-order valence-electron chi connectivity index (χ2n) is 4.72. The summed E-state index contributed by atoms with van der Waals surface area (Å²) in [6.45, 7) is 9.20. The molecule has 0 aliphatic heterocycles. The fourth-order valence-electron chi connectivity index (χ4n) is 1.45. The highest BCUT2D eigenvalue weighted by Gasteiger charge is 2.42. The Hall–Kier alpha value is -0.0400. The van der Waals surface area contributed by atoms with E-state index in [1.54, 1.807) is 0 Å². The standard InChI is InChI=1S/C9H19N/c1-6(9(2,3)4)7-5-8(7)10/h6-8H,5,10H2,1-4H3. The lowest BCUT2D eigenvalue weighted by Crippen LogP contribution is -2.22. The van der Waals surface area contributed by atoms with Crippen molar-refractivity contribution in [1.29, 1.82) is 0 Å². The molecule has 0 aromatic heterocycles. The van der Waals surface area contributed by atoms with Gasteiger partial charge in [-0.1, -0.05) is 27.7 Å². The first-order chi connectivity index (χ1) is 4.43. The van der Waals surface area contributed by atoms with Crippen molar-refractivity contribution in [2.75, 3.05) is 0 Å². The minimum atomic E-state index is 0.443. The maximum Gasteiger partial charge on any atom is 0.00738 e. The summed E-state index contributed by atoms with van der Waals surface area (Å²) in [4.78, 5) is 0. The fourth-order valence-corrected chi connectivity index (χ4v) is 1.45. The Morgan fingerprint density at radius 1 is 1.40 bits per heavy atom. The molecule has 1 aliphatic carbocycles. The molecule has 0 aromatic carbocycles. The van der Waals surface area contributed by atoms with E-state index in [0.29, 0.717) is 11.5 Å². The normalized spacial score (nSPS) is 35.7. The maximum absolute atomic E-state index is 5.76. The highest BCUT2D eigenvalue weighted by Crippen LogP contribution is 2.44. The molecule has 1 nitrogen and oxygen atoms in total. The Labute approximate surface area is 64.0 Å². The monoisotopic (exact) mass is 141 g/mol. The molecule has 0 aromatic rings. The molecule has 1 heteroatoms. The molecule has 0 saturated heterocycles. The number of nitrogens with two attached hydrogens (primary N) is 1. The summed E-state index contributed by atoms with van der Waals surface area (Å²) < 4.78 is 0. The highest BCUT2D eigenvalue weighted by atomic mass is 14.8. The zero-order valence-corrected chi connectivity index (χ0v) is 7.52. The predicted octanol–water partition coefficient (Wildman–Crippen LogP) is 2.02. The maximum atomic E-state index is 5.76. The lowest BCUT2D eigenvalue weighted by atomic mass is 9.79. The number of rotatable bonds is 1. The second kappa shape index (κ2) is 2.23. The van der Waals surface area contributed by atoms with Crippen molar-refractivity contribution >= 4 is 0 Å². The molecular formula is C9H19N. The largest absolute Gasteiger partial charge is 0.327 e. The molecular weight excluding hydrogens is 122 g/mol. The molecule has 3 atom stereocenters. The summed E-state index contributed by atoms with van der Waals surface area (Å²) in [7, 11) is 0. The first-order valence-electron chi connectivity index (χ1n) is 4.18. The molecule has 60 valence electrons. The zero-order valence-electron chi connectivity index (χ0n) is 7.52. The van der Waals surface area contributed by atoms with Crippen LogP contribution in [0.4, 0.5) is 0 Å². The molecule has 10 heavy (non-hydrogen) atoms. The Bertz CT molecular complexity index is 123. The van der Waals surface area contributed by atoms with Crippen LogP contribution in [0, 0.1) is 17.3 Å². The van der Waals surface area contributed by atoms with E-state index in [4.69, 9.17) is 5.73 Å². The van der Waals surface area contributed by atoms with E-state index in [9.17, 15) is 0 Å². The molecule has 0 heterocycles. The summed E-state index contributed by atoms with van der Waals surface area (Å²) in [5.74, 6) is 1.59. The quantitative estimate of drug-likeness (QED) is 0.594. The van der Waals surface area contributed by atoms with Gasteiger partial charge in [0.2, 0.25) is 0 Å². The van der Waals surface area contributed by atoms with Gasteiger partial charge >= 0.3 is 0 Å². The average molecular weight is 141 g/mol. The van der Waals surface area contributed by atoms with Crippen LogP contribution in [0.2, 0.25) is 0 Å². The molecule has 0 radical (unpaired) electrons. The molecule has 1 saturated carbocycles. The van der Waals surface area contributed by atoms with Crippen molar-refractivity contribution in [3.05, 3.63) is 0 Å². The number of hydrogen-bond donors (Lipinski definition) is 1. The van der Waals surface area contributed by atoms with Crippen molar-refractivity contribution in [3.63, 3.8) is 0 Å². The summed E-state index contributed by atoms with van der Waals surface area (Å²) >= 11 is 0. The van der Waals surface area contributed by atoms with Crippen molar-refractivity contribution in [1.82, 2.24) is 0 Å². The summed E-state index contributed by atoms with van der Waals surface area (Å²) in [5, 5.41) is 0. The topological polar surface area (TPSA) is 26.0 Å². The third-order valence-corrected chi connectivity index (χ3v) is 2.90. The lowest BCUT2D eigenvalue weighted by Gasteiger charge is -2.27. The number of hydrogen-bond acceptors (Lipinski definition) is 1. The van der Waals surface area contributed by atoms with E-state index < -0.39 is 0 Å². The average Bonchev–Trinajstić information content (AvgIpc) is 2.42. The first-order valence-corrected chi connectivity index (χ1v) is 4.18. The van der Waals surface area contributed by atoms with E-state index in [2.05, 4.69) is 27.7 Å². The van der Waals surface area contributed by atoms with Crippen LogP contribution in [-0.4, -0.2) is 6.04 Å². The Morgan fingerprint density at radius 2 is 1.80 bits per heavy atom. The predicted molar refractivity (Wildman–Crippen MR) is 44.7 cm³/mol. The van der Waals surface area contributed by atoms with E-state index in [1.165, 1.54) is 6.42 Å². The van der Waals surface area contributed by atoms with Gasteiger partial charge < -0.3 is 5.73 Å². The van der Waals surface area contributed by atoms with Crippen LogP contribution in [0.3, 0.4) is 0 Å². The van der Waals surface area contributed by atoms with Gasteiger partial charge in [0.1, 0.15) is 0 Å². The van der Waals surface area contributed by atoms with E-state index >= 15 is 0 Å². The summed E-state index contributed by atoms with van der Waals surface area (Å²) in [6.07, 6.45) is 1.25. The Kier molecular flexibility index (Phi) is 1.80. The second-order valence-corrected chi connectivity index (χ2v) is 4.72. The summed E-state index contributed by atoms with van der Waals surface area (Å²) in [5.41, 5.74) is 6.21. The molecule has 1 fully saturated rings. The minimum absolute atomic E-state index is 0.443. The Balaban J connectivity index is 2.42. The zero-order chi connectivity index (χ0) is 7.94. The molecule has 0 bridgehead atoms. The lowest BCUT2D eigenvalue weighted by molar-refractivity contribution is 0.229. The van der Waals surface area contributed by atoms with Crippen molar-refractivity contribution in [2.45, 2.75) is 40.2 Å². The SMILES string of the molecule is CC(C1CC1N)C(C)(C)C. The first kappa shape index (κ1) is 8.06. The summed E-state index contributed by atoms with van der Waals surface area (Å²) in [6, 6.07) is 0.509. The van der Waals surface area contributed by atoms with Gasteiger partial charge in [-0.15, -0.1) is 0 Å². The van der Waals surface area contributed by atoms with Gasteiger partial charge in [0.05, 0.1) is 0 Å². The molecule has 1 rings (SSSR count). The van der Waals surface area contributed by atoms with Gasteiger partial charge in [-0.3, -0.25) is 0 Å². The third kappa shape index (κ3) is 1.51. The van der Waals surface area contributed by atoms with Crippen LogP contribution in [0.1, 0.15) is 34.1 Å². The van der Waals surface area contributed by atoms with Gasteiger partial charge in [0, 0.05) is 6.04 Å². The van der Waals surface area contributed by atoms with Crippen LogP contribution in [-0.2, 0) is 0 Å². The van der Waals surface area contributed by atoms with Crippen LogP contribution < -0.4 is 5.73 Å². The highest BCUT2D eigenvalue weighted by molar-refractivity contribution is 4.96. The van der Waals surface area contributed by atoms with E-state index in [1.807, 2.05) is 0 Å². The van der Waals surface area contributed by atoms with Crippen molar-refractivity contribution in [2.24, 2.45) is 23.0 Å². The molecule has 3 unspecified atom stereocenters. The van der Waals surface area contributed by atoms with Gasteiger partial charge in [-0.2, -0.15) is 0 Å². The molecule has 0 spiro atoms. The molecule has 1 aliphatic rings. The third-order valence-electron chi connectivity index (χ3n) is 2.90. The van der Waals surface area contributed by atoms with Crippen molar-refractivity contribution < 1.29 is 0 Å². The minimum Gasteiger partial charge on any atom is -0.327 e.